The fourth-order valence-corrected chi connectivity index (χ4v) is 2.37. The molecule has 2 aromatic carbocycles. The average molecular weight is 344 g/mol. The Hall–Kier alpha value is -2.27. The quantitative estimate of drug-likeness (QED) is 0.784. The smallest absolute Gasteiger partial charge is 0.127 e. The first-order valence-corrected chi connectivity index (χ1v) is 7.22. The van der Waals surface area contributed by atoms with E-state index >= 15 is 0 Å². The van der Waals surface area contributed by atoms with Crippen LogP contribution in [0.2, 0.25) is 0 Å². The molecule has 0 aliphatic heterocycles. The van der Waals surface area contributed by atoms with Gasteiger partial charge >= 0.3 is 0 Å². The Bertz CT molecular complexity index is 765. The zero-order chi connectivity index (χ0) is 14.8. The molecule has 21 heavy (non-hydrogen) atoms. The van der Waals surface area contributed by atoms with Crippen LogP contribution < -0.4 is 10.5 Å². The lowest BCUT2D eigenvalue weighted by atomic mass is 10.2. The standard InChI is InChI=1S/C16H14BrN3O/c1-21-14-4-2-3-13(9-14)20-16(18)10-15(19-20)11-5-7-12(17)8-6-11/h2-10H,18H2,1H3. The summed E-state index contributed by atoms with van der Waals surface area (Å²) in [4.78, 5) is 0. The van der Waals surface area contributed by atoms with Gasteiger partial charge in [-0.3, -0.25) is 0 Å². The molecule has 0 spiro atoms. The molecule has 0 saturated carbocycles. The molecule has 0 unspecified atom stereocenters. The molecule has 106 valence electrons. The van der Waals surface area contributed by atoms with E-state index in [1.54, 1.807) is 11.8 Å². The lowest BCUT2D eigenvalue weighted by Crippen LogP contribution is -2.01. The molecule has 0 amide bonds. The molecule has 0 fully saturated rings. The van der Waals surface area contributed by atoms with Gasteiger partial charge in [0.25, 0.3) is 0 Å². The topological polar surface area (TPSA) is 53.1 Å². The van der Waals surface area contributed by atoms with E-state index in [4.69, 9.17) is 10.5 Å². The highest BCUT2D eigenvalue weighted by atomic mass is 79.9. The number of benzene rings is 2. The van der Waals surface area contributed by atoms with Crippen molar-refractivity contribution in [1.82, 2.24) is 9.78 Å². The third-order valence-electron chi connectivity index (χ3n) is 3.17. The van der Waals surface area contributed by atoms with E-state index in [9.17, 15) is 0 Å². The van der Waals surface area contributed by atoms with Crippen molar-refractivity contribution in [3.8, 4) is 22.7 Å². The van der Waals surface area contributed by atoms with Gasteiger partial charge < -0.3 is 10.5 Å². The van der Waals surface area contributed by atoms with Crippen molar-refractivity contribution in [3.63, 3.8) is 0 Å². The van der Waals surface area contributed by atoms with Crippen LogP contribution in [0.15, 0.2) is 59.1 Å². The first kappa shape index (κ1) is 13.7. The molecule has 2 N–H and O–H groups in total. The predicted octanol–water partition coefficient (Wildman–Crippen LogP) is 3.89. The minimum atomic E-state index is 0.584. The molecule has 0 bridgehead atoms. The number of nitrogen functional groups attached to an aromatic ring is 1. The zero-order valence-corrected chi connectivity index (χ0v) is 13.0. The largest absolute Gasteiger partial charge is 0.497 e. The van der Waals surface area contributed by atoms with Crippen LogP contribution in [-0.4, -0.2) is 16.9 Å². The molecular weight excluding hydrogens is 330 g/mol. The fraction of sp³-hybridized carbons (Fsp3) is 0.0625. The Morgan fingerprint density at radius 2 is 1.86 bits per heavy atom. The summed E-state index contributed by atoms with van der Waals surface area (Å²) >= 11 is 3.43. The Balaban J connectivity index is 2.03. The van der Waals surface area contributed by atoms with Gasteiger partial charge in [0.15, 0.2) is 0 Å². The van der Waals surface area contributed by atoms with Crippen molar-refractivity contribution in [2.45, 2.75) is 0 Å². The second kappa shape index (κ2) is 5.61. The van der Waals surface area contributed by atoms with Gasteiger partial charge in [-0.25, -0.2) is 4.68 Å². The minimum absolute atomic E-state index is 0.584. The summed E-state index contributed by atoms with van der Waals surface area (Å²) in [5.74, 6) is 1.36. The van der Waals surface area contributed by atoms with Crippen molar-refractivity contribution in [3.05, 3.63) is 59.1 Å². The molecule has 0 aliphatic rings. The molecule has 0 radical (unpaired) electrons. The molecule has 1 heterocycles. The Morgan fingerprint density at radius 1 is 1.10 bits per heavy atom. The van der Waals surface area contributed by atoms with Crippen LogP contribution in [0.5, 0.6) is 5.75 Å². The third-order valence-corrected chi connectivity index (χ3v) is 3.70. The number of methoxy groups -OCH3 is 1. The number of nitrogens with zero attached hydrogens (tertiary/aromatic N) is 2. The summed E-state index contributed by atoms with van der Waals surface area (Å²) in [5.41, 5.74) is 8.81. The van der Waals surface area contributed by atoms with Crippen LogP contribution in [0.25, 0.3) is 16.9 Å². The second-order valence-electron chi connectivity index (χ2n) is 4.57. The van der Waals surface area contributed by atoms with Crippen LogP contribution in [0.4, 0.5) is 5.82 Å². The molecule has 3 rings (SSSR count). The third kappa shape index (κ3) is 2.78. The van der Waals surface area contributed by atoms with E-state index in [0.29, 0.717) is 5.82 Å². The lowest BCUT2D eigenvalue weighted by molar-refractivity contribution is 0.414. The van der Waals surface area contributed by atoms with Crippen molar-refractivity contribution in [1.29, 1.82) is 0 Å². The van der Waals surface area contributed by atoms with E-state index in [-0.39, 0.29) is 0 Å². The number of halogens is 1. The van der Waals surface area contributed by atoms with Gasteiger partial charge in [-0.15, -0.1) is 0 Å². The molecule has 4 nitrogen and oxygen atoms in total. The summed E-state index contributed by atoms with van der Waals surface area (Å²) < 4.78 is 7.98. The van der Waals surface area contributed by atoms with E-state index < -0.39 is 0 Å². The summed E-state index contributed by atoms with van der Waals surface area (Å²) in [6, 6.07) is 17.5. The molecule has 5 heteroatoms. The minimum Gasteiger partial charge on any atom is -0.497 e. The monoisotopic (exact) mass is 343 g/mol. The number of aromatic nitrogens is 2. The van der Waals surface area contributed by atoms with E-state index in [0.717, 1.165) is 27.2 Å². The number of ether oxygens (including phenoxy) is 1. The van der Waals surface area contributed by atoms with Crippen molar-refractivity contribution in [2.75, 3.05) is 12.8 Å². The summed E-state index contributed by atoms with van der Waals surface area (Å²) in [5, 5.41) is 4.58. The predicted molar refractivity (Wildman–Crippen MR) is 87.7 cm³/mol. The number of hydrogen-bond donors (Lipinski definition) is 1. The number of anilines is 1. The second-order valence-corrected chi connectivity index (χ2v) is 5.49. The Kier molecular flexibility index (Phi) is 3.66. The van der Waals surface area contributed by atoms with Crippen LogP contribution in [0, 0.1) is 0 Å². The average Bonchev–Trinajstić information content (AvgIpc) is 2.90. The number of nitrogens with two attached hydrogens (primary N) is 1. The molecular formula is C16H14BrN3O. The van der Waals surface area contributed by atoms with Crippen LogP contribution in [0.1, 0.15) is 0 Å². The fourth-order valence-electron chi connectivity index (χ4n) is 2.11. The maximum atomic E-state index is 6.08. The Labute approximate surface area is 131 Å². The highest BCUT2D eigenvalue weighted by Crippen LogP contribution is 2.25. The van der Waals surface area contributed by atoms with Crippen molar-refractivity contribution >= 4 is 21.7 Å². The molecule has 0 aliphatic carbocycles. The lowest BCUT2D eigenvalue weighted by Gasteiger charge is -2.06. The summed E-state index contributed by atoms with van der Waals surface area (Å²) in [6.07, 6.45) is 0. The van der Waals surface area contributed by atoms with Gasteiger partial charge in [-0.2, -0.15) is 5.10 Å². The number of hydrogen-bond acceptors (Lipinski definition) is 3. The first-order chi connectivity index (χ1) is 10.2. The molecule has 3 aromatic rings. The maximum absolute atomic E-state index is 6.08. The Morgan fingerprint density at radius 3 is 2.57 bits per heavy atom. The van der Waals surface area contributed by atoms with Gasteiger partial charge in [0.1, 0.15) is 11.6 Å². The van der Waals surface area contributed by atoms with Crippen molar-refractivity contribution in [2.24, 2.45) is 0 Å². The van der Waals surface area contributed by atoms with E-state index in [1.807, 2.05) is 54.6 Å². The SMILES string of the molecule is COc1cccc(-n2nc(-c3ccc(Br)cc3)cc2N)c1. The molecule has 0 saturated heterocycles. The van der Waals surface area contributed by atoms with Gasteiger partial charge in [-0.05, 0) is 24.3 Å². The molecule has 0 atom stereocenters. The molecule has 1 aromatic heterocycles. The maximum Gasteiger partial charge on any atom is 0.127 e. The highest BCUT2D eigenvalue weighted by Gasteiger charge is 2.09. The summed E-state index contributed by atoms with van der Waals surface area (Å²) in [7, 11) is 1.64. The van der Waals surface area contributed by atoms with Crippen LogP contribution in [0.3, 0.4) is 0 Å². The normalized spacial score (nSPS) is 10.6. The van der Waals surface area contributed by atoms with E-state index in [2.05, 4.69) is 21.0 Å². The van der Waals surface area contributed by atoms with Gasteiger partial charge in [-0.1, -0.05) is 34.1 Å². The summed E-state index contributed by atoms with van der Waals surface area (Å²) in [6.45, 7) is 0. The van der Waals surface area contributed by atoms with Crippen LogP contribution >= 0.6 is 15.9 Å². The first-order valence-electron chi connectivity index (χ1n) is 6.43. The van der Waals surface area contributed by atoms with E-state index in [1.165, 1.54) is 0 Å². The van der Waals surface area contributed by atoms with Gasteiger partial charge in [0.2, 0.25) is 0 Å². The van der Waals surface area contributed by atoms with Gasteiger partial charge in [0, 0.05) is 22.2 Å². The van der Waals surface area contributed by atoms with Gasteiger partial charge in [0.05, 0.1) is 18.5 Å². The highest BCUT2D eigenvalue weighted by molar-refractivity contribution is 9.10. The number of rotatable bonds is 3. The van der Waals surface area contributed by atoms with Crippen molar-refractivity contribution < 1.29 is 4.74 Å². The zero-order valence-electron chi connectivity index (χ0n) is 11.5. The van der Waals surface area contributed by atoms with Crippen LogP contribution in [-0.2, 0) is 0 Å².